The van der Waals surface area contributed by atoms with Crippen LogP contribution in [-0.2, 0) is 5.41 Å². The molecule has 0 radical (unpaired) electrons. The summed E-state index contributed by atoms with van der Waals surface area (Å²) in [5.41, 5.74) is 3.29. The molecule has 1 heterocycles. The van der Waals surface area contributed by atoms with Gasteiger partial charge in [0.15, 0.2) is 11.4 Å². The fourth-order valence-corrected chi connectivity index (χ4v) is 2.33. The van der Waals surface area contributed by atoms with Crippen molar-refractivity contribution in [1.29, 1.82) is 10.5 Å². The molecule has 1 aromatic carbocycles. The number of nitrogens with zero attached hydrogens (tertiary/aromatic N) is 5. The number of hydrogen-bond acceptors (Lipinski definition) is 5. The lowest BCUT2D eigenvalue weighted by molar-refractivity contribution is 0.562. The topological polar surface area (TPSA) is 76.6 Å². The van der Waals surface area contributed by atoms with Crippen LogP contribution in [0.2, 0.25) is 0 Å². The Morgan fingerprint density at radius 2 is 1.48 bits per heavy atom. The number of aromatic nitrogens is 2. The molecule has 0 N–H and O–H groups in total. The first kappa shape index (κ1) is 18.2. The third-order valence-electron chi connectivity index (χ3n) is 3.69. The van der Waals surface area contributed by atoms with Crippen molar-refractivity contribution in [2.75, 3.05) is 19.0 Å². The van der Waals surface area contributed by atoms with E-state index in [1.807, 2.05) is 88.3 Å². The quantitative estimate of drug-likeness (QED) is 0.856. The van der Waals surface area contributed by atoms with Gasteiger partial charge in [0.05, 0.1) is 11.4 Å². The van der Waals surface area contributed by atoms with E-state index in [1.165, 1.54) is 0 Å². The van der Waals surface area contributed by atoms with Gasteiger partial charge in [0.25, 0.3) is 0 Å². The molecule has 0 amide bonds. The fourth-order valence-electron chi connectivity index (χ4n) is 2.33. The summed E-state index contributed by atoms with van der Waals surface area (Å²) in [6.07, 6.45) is 3.78. The van der Waals surface area contributed by atoms with Gasteiger partial charge >= 0.3 is 0 Å². The summed E-state index contributed by atoms with van der Waals surface area (Å²) in [5.74, 6) is 0. The number of rotatable bonds is 3. The smallest absolute Gasteiger partial charge is 0.177 e. The Bertz CT molecular complexity index is 873. The first-order valence-corrected chi connectivity index (χ1v) is 7.94. The maximum atomic E-state index is 9.20. The standard InChI is InChI=1S/C20H21N5/c1-20(2,3)19-16(23-17(12-21)18(13-22)24-19)11-8-14-6-9-15(10-7-14)25(4)5/h6-11H,1-5H3/b11-8+. The van der Waals surface area contributed by atoms with Crippen molar-refractivity contribution in [3.8, 4) is 12.1 Å². The number of hydrogen-bond donors (Lipinski definition) is 0. The molecule has 1 aromatic heterocycles. The van der Waals surface area contributed by atoms with Crippen LogP contribution < -0.4 is 4.90 Å². The molecule has 0 saturated heterocycles. The maximum absolute atomic E-state index is 9.20. The highest BCUT2D eigenvalue weighted by atomic mass is 15.1. The van der Waals surface area contributed by atoms with Crippen molar-refractivity contribution in [3.05, 3.63) is 52.6 Å². The predicted molar refractivity (Wildman–Crippen MR) is 99.9 cm³/mol. The summed E-state index contributed by atoms with van der Waals surface area (Å²) in [4.78, 5) is 10.8. The van der Waals surface area contributed by atoms with Crippen molar-refractivity contribution in [2.45, 2.75) is 26.2 Å². The Morgan fingerprint density at radius 1 is 0.920 bits per heavy atom. The lowest BCUT2D eigenvalue weighted by atomic mass is 9.89. The van der Waals surface area contributed by atoms with Crippen LogP contribution in [0.4, 0.5) is 5.69 Å². The summed E-state index contributed by atoms with van der Waals surface area (Å²) in [6, 6.07) is 12.0. The maximum Gasteiger partial charge on any atom is 0.177 e. The van der Waals surface area contributed by atoms with Gasteiger partial charge in [-0.15, -0.1) is 0 Å². The van der Waals surface area contributed by atoms with Gasteiger partial charge in [-0.1, -0.05) is 39.0 Å². The number of anilines is 1. The lowest BCUT2D eigenvalue weighted by Gasteiger charge is -2.20. The summed E-state index contributed by atoms with van der Waals surface area (Å²) in [5, 5.41) is 18.4. The third-order valence-corrected chi connectivity index (χ3v) is 3.69. The second kappa shape index (κ2) is 7.15. The van der Waals surface area contributed by atoms with Crippen molar-refractivity contribution < 1.29 is 0 Å². The van der Waals surface area contributed by atoms with Crippen LogP contribution >= 0.6 is 0 Å². The highest BCUT2D eigenvalue weighted by Gasteiger charge is 2.22. The van der Waals surface area contributed by atoms with E-state index in [4.69, 9.17) is 0 Å². The molecule has 126 valence electrons. The molecule has 0 aliphatic carbocycles. The average molecular weight is 331 g/mol. The van der Waals surface area contributed by atoms with Crippen molar-refractivity contribution in [1.82, 2.24) is 9.97 Å². The third kappa shape index (κ3) is 4.22. The molecular weight excluding hydrogens is 310 g/mol. The van der Waals surface area contributed by atoms with Crippen molar-refractivity contribution >= 4 is 17.8 Å². The Morgan fingerprint density at radius 3 is 1.96 bits per heavy atom. The van der Waals surface area contributed by atoms with Gasteiger partial charge < -0.3 is 4.90 Å². The molecule has 25 heavy (non-hydrogen) atoms. The van der Waals surface area contributed by atoms with Gasteiger partial charge in [-0.05, 0) is 23.8 Å². The van der Waals surface area contributed by atoms with Gasteiger partial charge in [-0.3, -0.25) is 0 Å². The van der Waals surface area contributed by atoms with Crippen LogP contribution in [0.25, 0.3) is 12.2 Å². The highest BCUT2D eigenvalue weighted by molar-refractivity contribution is 5.70. The molecule has 5 heteroatoms. The van der Waals surface area contributed by atoms with Gasteiger partial charge in [0, 0.05) is 25.2 Å². The second-order valence-corrected chi connectivity index (χ2v) is 6.95. The van der Waals surface area contributed by atoms with Gasteiger partial charge in [-0.25, -0.2) is 9.97 Å². The first-order valence-electron chi connectivity index (χ1n) is 7.94. The molecule has 0 aliphatic heterocycles. The van der Waals surface area contributed by atoms with Crippen LogP contribution in [0.15, 0.2) is 24.3 Å². The molecule has 0 spiro atoms. The van der Waals surface area contributed by atoms with E-state index in [0.29, 0.717) is 11.4 Å². The molecule has 0 bridgehead atoms. The lowest BCUT2D eigenvalue weighted by Crippen LogP contribution is -2.18. The first-order chi connectivity index (χ1) is 11.8. The minimum Gasteiger partial charge on any atom is -0.378 e. The van der Waals surface area contributed by atoms with Crippen molar-refractivity contribution in [2.24, 2.45) is 0 Å². The molecule has 0 aliphatic rings. The molecule has 2 aromatic rings. The normalized spacial score (nSPS) is 11.2. The molecule has 2 rings (SSSR count). The van der Waals surface area contributed by atoms with E-state index < -0.39 is 0 Å². The zero-order chi connectivity index (χ0) is 18.6. The van der Waals surface area contributed by atoms with Gasteiger partial charge in [-0.2, -0.15) is 10.5 Å². The Kier molecular flexibility index (Phi) is 5.20. The van der Waals surface area contributed by atoms with Crippen LogP contribution in [-0.4, -0.2) is 24.1 Å². The molecule has 0 atom stereocenters. The van der Waals surface area contributed by atoms with Crippen LogP contribution in [0.3, 0.4) is 0 Å². The van der Waals surface area contributed by atoms with E-state index in [0.717, 1.165) is 11.3 Å². The molecule has 0 unspecified atom stereocenters. The zero-order valence-corrected chi connectivity index (χ0v) is 15.2. The number of benzene rings is 1. The molecule has 5 nitrogen and oxygen atoms in total. The van der Waals surface area contributed by atoms with Crippen molar-refractivity contribution in [3.63, 3.8) is 0 Å². The predicted octanol–water partition coefficient (Wildman–Crippen LogP) is 3.75. The van der Waals surface area contributed by atoms with E-state index >= 15 is 0 Å². The number of nitriles is 2. The largest absolute Gasteiger partial charge is 0.378 e. The Balaban J connectivity index is 2.47. The van der Waals surface area contributed by atoms with Crippen LogP contribution in [0, 0.1) is 22.7 Å². The van der Waals surface area contributed by atoms with Gasteiger partial charge in [0.2, 0.25) is 0 Å². The monoisotopic (exact) mass is 331 g/mol. The average Bonchev–Trinajstić information content (AvgIpc) is 2.58. The minimum atomic E-state index is -0.291. The minimum absolute atomic E-state index is 0.0538. The summed E-state index contributed by atoms with van der Waals surface area (Å²) in [6.45, 7) is 6.02. The highest BCUT2D eigenvalue weighted by Crippen LogP contribution is 2.25. The SMILES string of the molecule is CN(C)c1ccc(/C=C/c2nc(C#N)c(C#N)nc2C(C)(C)C)cc1. The van der Waals surface area contributed by atoms with E-state index in [1.54, 1.807) is 0 Å². The fraction of sp³-hybridized carbons (Fsp3) is 0.300. The van der Waals surface area contributed by atoms with Crippen LogP contribution in [0.1, 0.15) is 49.1 Å². The van der Waals surface area contributed by atoms with E-state index in [9.17, 15) is 10.5 Å². The summed E-state index contributed by atoms with van der Waals surface area (Å²) in [7, 11) is 3.99. The molecular formula is C20H21N5. The second-order valence-electron chi connectivity index (χ2n) is 6.95. The van der Waals surface area contributed by atoms with E-state index in [-0.39, 0.29) is 16.8 Å². The van der Waals surface area contributed by atoms with Gasteiger partial charge in [0.1, 0.15) is 12.1 Å². The van der Waals surface area contributed by atoms with Crippen LogP contribution in [0.5, 0.6) is 0 Å². The summed E-state index contributed by atoms with van der Waals surface area (Å²) >= 11 is 0. The molecule has 0 saturated carbocycles. The zero-order valence-electron chi connectivity index (χ0n) is 15.2. The summed E-state index contributed by atoms with van der Waals surface area (Å²) < 4.78 is 0. The Labute approximate surface area is 148 Å². The Hall–Kier alpha value is -3.18. The van der Waals surface area contributed by atoms with E-state index in [2.05, 4.69) is 9.97 Å². The molecule has 0 fully saturated rings.